The van der Waals surface area contributed by atoms with Crippen molar-refractivity contribution >= 4 is 18.3 Å². The maximum atomic E-state index is 12.3. The summed E-state index contributed by atoms with van der Waals surface area (Å²) in [5, 5.41) is 6.67. The Hall–Kier alpha value is -0.320. The van der Waals surface area contributed by atoms with E-state index in [-0.39, 0.29) is 18.3 Å². The molecule has 0 spiro atoms. The molecule has 2 heterocycles. The summed E-state index contributed by atoms with van der Waals surface area (Å²) in [7, 11) is 0. The van der Waals surface area contributed by atoms with Crippen LogP contribution in [-0.2, 0) is 4.79 Å². The Morgan fingerprint density at radius 1 is 0.957 bits per heavy atom. The van der Waals surface area contributed by atoms with Crippen molar-refractivity contribution in [2.45, 2.75) is 70.4 Å². The number of carbonyl (C=O) groups excluding carboxylic acids is 1. The highest BCUT2D eigenvalue weighted by molar-refractivity contribution is 5.85. The number of halogens is 1. The fourth-order valence-electron chi connectivity index (χ4n) is 4.38. The van der Waals surface area contributed by atoms with Crippen LogP contribution in [0.1, 0.15) is 58.3 Å². The molecule has 3 aliphatic rings. The summed E-state index contributed by atoms with van der Waals surface area (Å²) in [5.41, 5.74) is 0. The van der Waals surface area contributed by atoms with Gasteiger partial charge in [0.15, 0.2) is 0 Å². The Morgan fingerprint density at radius 2 is 1.57 bits per heavy atom. The molecule has 0 unspecified atom stereocenters. The van der Waals surface area contributed by atoms with Crippen molar-refractivity contribution in [2.24, 2.45) is 11.8 Å². The van der Waals surface area contributed by atoms with E-state index in [1.807, 2.05) is 0 Å². The van der Waals surface area contributed by atoms with Gasteiger partial charge in [0.2, 0.25) is 5.91 Å². The summed E-state index contributed by atoms with van der Waals surface area (Å²) in [6.07, 6.45) is 9.64. The van der Waals surface area contributed by atoms with Gasteiger partial charge in [0.1, 0.15) is 0 Å². The molecule has 3 fully saturated rings. The van der Waals surface area contributed by atoms with E-state index in [1.54, 1.807) is 0 Å². The number of hydrogen-bond acceptors (Lipinski definition) is 3. The topological polar surface area (TPSA) is 44.4 Å². The van der Waals surface area contributed by atoms with Crippen LogP contribution >= 0.6 is 12.4 Å². The first-order valence-corrected chi connectivity index (χ1v) is 9.47. The number of hydrogen-bond donors (Lipinski definition) is 2. The molecule has 4 nitrogen and oxygen atoms in total. The van der Waals surface area contributed by atoms with E-state index in [0.717, 1.165) is 37.9 Å². The van der Waals surface area contributed by atoms with Gasteiger partial charge < -0.3 is 15.5 Å². The van der Waals surface area contributed by atoms with Crippen molar-refractivity contribution in [3.05, 3.63) is 0 Å². The molecular weight excluding hydrogens is 310 g/mol. The Morgan fingerprint density at radius 3 is 2.17 bits per heavy atom. The summed E-state index contributed by atoms with van der Waals surface area (Å²) < 4.78 is 0. The zero-order chi connectivity index (χ0) is 15.4. The molecule has 0 atom stereocenters. The maximum absolute atomic E-state index is 12.3. The number of likely N-dealkylation sites (tertiary alicyclic amines) is 1. The lowest BCUT2D eigenvalue weighted by atomic mass is 9.87. The summed E-state index contributed by atoms with van der Waals surface area (Å²) in [5.74, 6) is 1.48. The van der Waals surface area contributed by atoms with E-state index in [0.29, 0.717) is 11.9 Å². The molecule has 23 heavy (non-hydrogen) atoms. The van der Waals surface area contributed by atoms with Gasteiger partial charge in [-0.05, 0) is 83.5 Å². The lowest BCUT2D eigenvalue weighted by Gasteiger charge is -2.40. The van der Waals surface area contributed by atoms with Crippen LogP contribution in [-0.4, -0.2) is 49.1 Å². The van der Waals surface area contributed by atoms with Crippen molar-refractivity contribution in [3.63, 3.8) is 0 Å². The molecule has 0 aromatic heterocycles. The van der Waals surface area contributed by atoms with Crippen molar-refractivity contribution in [3.8, 4) is 0 Å². The highest BCUT2D eigenvalue weighted by Gasteiger charge is 2.30. The number of piperidine rings is 2. The van der Waals surface area contributed by atoms with Crippen LogP contribution in [0, 0.1) is 11.8 Å². The van der Waals surface area contributed by atoms with Gasteiger partial charge in [-0.3, -0.25) is 4.79 Å². The second-order valence-electron chi connectivity index (χ2n) is 7.76. The normalized spacial score (nSPS) is 31.3. The van der Waals surface area contributed by atoms with E-state index in [9.17, 15) is 4.79 Å². The lowest BCUT2D eigenvalue weighted by molar-refractivity contribution is -0.126. The smallest absolute Gasteiger partial charge is 0.223 e. The molecule has 2 saturated heterocycles. The van der Waals surface area contributed by atoms with Gasteiger partial charge in [0.25, 0.3) is 0 Å². The summed E-state index contributed by atoms with van der Waals surface area (Å²) in [4.78, 5) is 15.0. The average Bonchev–Trinajstić information content (AvgIpc) is 2.57. The number of nitrogens with zero attached hydrogens (tertiary/aromatic N) is 1. The number of nitrogens with one attached hydrogen (secondary N) is 2. The third kappa shape index (κ3) is 5.33. The molecule has 5 heteroatoms. The van der Waals surface area contributed by atoms with Gasteiger partial charge in [-0.15, -0.1) is 12.4 Å². The lowest BCUT2D eigenvalue weighted by Crippen LogP contribution is -2.48. The molecule has 0 aromatic rings. The van der Waals surface area contributed by atoms with Crippen LogP contribution in [0.4, 0.5) is 0 Å². The molecule has 0 bridgehead atoms. The van der Waals surface area contributed by atoms with Gasteiger partial charge in [-0.25, -0.2) is 0 Å². The van der Waals surface area contributed by atoms with Crippen LogP contribution < -0.4 is 10.6 Å². The Balaban J connectivity index is 0.00000192. The van der Waals surface area contributed by atoms with E-state index < -0.39 is 0 Å². The summed E-state index contributed by atoms with van der Waals surface area (Å²) >= 11 is 0. The number of rotatable bonds is 3. The first-order valence-electron chi connectivity index (χ1n) is 9.47. The first kappa shape index (κ1) is 19.0. The highest BCUT2D eigenvalue weighted by atomic mass is 35.5. The minimum absolute atomic E-state index is 0. The van der Waals surface area contributed by atoms with Gasteiger partial charge in [-0.1, -0.05) is 6.92 Å². The zero-order valence-electron chi connectivity index (χ0n) is 14.6. The second kappa shape index (κ2) is 9.24. The van der Waals surface area contributed by atoms with E-state index >= 15 is 0 Å². The fraction of sp³-hybridized carbons (Fsp3) is 0.944. The summed E-state index contributed by atoms with van der Waals surface area (Å²) in [6.45, 7) is 6.96. The molecule has 0 radical (unpaired) electrons. The average molecular weight is 344 g/mol. The van der Waals surface area contributed by atoms with Crippen LogP contribution in [0.2, 0.25) is 0 Å². The standard InChI is InChI=1S/C18H33N3O.ClH/c1-14-8-12-21(13-9-14)17-4-2-16(3-5-17)20-18(22)15-6-10-19-11-7-15;/h14-17,19H,2-13H2,1H3,(H,20,22);1H. The molecule has 2 N–H and O–H groups in total. The zero-order valence-corrected chi connectivity index (χ0v) is 15.4. The van der Waals surface area contributed by atoms with Crippen molar-refractivity contribution < 1.29 is 4.79 Å². The molecule has 134 valence electrons. The third-order valence-corrected chi connectivity index (χ3v) is 6.09. The second-order valence-corrected chi connectivity index (χ2v) is 7.76. The van der Waals surface area contributed by atoms with Crippen molar-refractivity contribution in [2.75, 3.05) is 26.2 Å². The maximum Gasteiger partial charge on any atom is 0.223 e. The van der Waals surface area contributed by atoms with Crippen LogP contribution in [0.15, 0.2) is 0 Å². The van der Waals surface area contributed by atoms with Crippen LogP contribution in [0.5, 0.6) is 0 Å². The molecule has 2 aliphatic heterocycles. The quantitative estimate of drug-likeness (QED) is 0.827. The van der Waals surface area contributed by atoms with Crippen molar-refractivity contribution in [1.82, 2.24) is 15.5 Å². The molecule has 0 aromatic carbocycles. The van der Waals surface area contributed by atoms with E-state index in [1.165, 1.54) is 51.6 Å². The van der Waals surface area contributed by atoms with E-state index in [4.69, 9.17) is 0 Å². The largest absolute Gasteiger partial charge is 0.353 e. The Labute approximate surface area is 147 Å². The van der Waals surface area contributed by atoms with Gasteiger partial charge in [-0.2, -0.15) is 0 Å². The SMILES string of the molecule is CC1CCN(C2CCC(NC(=O)C3CCNCC3)CC2)CC1.Cl. The summed E-state index contributed by atoms with van der Waals surface area (Å²) in [6, 6.07) is 1.21. The predicted octanol–water partition coefficient (Wildman–Crippen LogP) is 2.57. The molecule has 1 amide bonds. The van der Waals surface area contributed by atoms with E-state index in [2.05, 4.69) is 22.5 Å². The van der Waals surface area contributed by atoms with Gasteiger partial charge in [0.05, 0.1) is 0 Å². The minimum atomic E-state index is 0. The molecule has 1 aliphatic carbocycles. The predicted molar refractivity (Wildman–Crippen MR) is 97.0 cm³/mol. The Kier molecular flexibility index (Phi) is 7.64. The van der Waals surface area contributed by atoms with Crippen LogP contribution in [0.25, 0.3) is 0 Å². The molecule has 3 rings (SSSR count). The first-order chi connectivity index (χ1) is 10.7. The van der Waals surface area contributed by atoms with Crippen molar-refractivity contribution in [1.29, 1.82) is 0 Å². The number of amides is 1. The fourth-order valence-corrected chi connectivity index (χ4v) is 4.38. The highest BCUT2D eigenvalue weighted by Crippen LogP contribution is 2.27. The Bertz CT molecular complexity index is 357. The molecular formula is C18H34ClN3O. The van der Waals surface area contributed by atoms with Gasteiger partial charge in [0, 0.05) is 18.0 Å². The van der Waals surface area contributed by atoms with Crippen LogP contribution in [0.3, 0.4) is 0 Å². The minimum Gasteiger partial charge on any atom is -0.353 e. The number of carbonyl (C=O) groups is 1. The third-order valence-electron chi connectivity index (χ3n) is 6.09. The monoisotopic (exact) mass is 343 g/mol. The van der Waals surface area contributed by atoms with Gasteiger partial charge >= 0.3 is 0 Å². The molecule has 1 saturated carbocycles.